The van der Waals surface area contributed by atoms with Crippen LogP contribution in [0.2, 0.25) is 0 Å². The van der Waals surface area contributed by atoms with Gasteiger partial charge in [-0.3, -0.25) is 14.4 Å². The third-order valence-corrected chi connectivity index (χ3v) is 6.01. The van der Waals surface area contributed by atoms with E-state index in [9.17, 15) is 14.4 Å². The van der Waals surface area contributed by atoms with Crippen molar-refractivity contribution in [1.82, 2.24) is 15.1 Å². The molecule has 2 aliphatic rings. The predicted molar refractivity (Wildman–Crippen MR) is 112 cm³/mol. The Morgan fingerprint density at radius 1 is 1.10 bits per heavy atom. The van der Waals surface area contributed by atoms with Gasteiger partial charge in [0, 0.05) is 38.5 Å². The highest BCUT2D eigenvalue weighted by atomic mass is 16.2. The van der Waals surface area contributed by atoms with Gasteiger partial charge < -0.3 is 15.1 Å². The molecule has 2 saturated heterocycles. The summed E-state index contributed by atoms with van der Waals surface area (Å²) in [4.78, 5) is 41.4. The number of amides is 3. The quantitative estimate of drug-likeness (QED) is 0.766. The standard InChI is InChI=1S/C23H33N3O3/c1-17(2)8-10-21(27)25-14-12-19(13-15-25)26-20(9-11-22(26)28)23(29)24-16-18-6-4-3-5-7-18/h3-7,17,19-20H,8-16H2,1-2H3,(H,24,29). The zero-order valence-electron chi connectivity index (χ0n) is 17.6. The monoisotopic (exact) mass is 399 g/mol. The molecule has 2 fully saturated rings. The molecule has 29 heavy (non-hydrogen) atoms. The maximum atomic E-state index is 12.8. The number of benzene rings is 1. The van der Waals surface area contributed by atoms with Gasteiger partial charge in [-0.1, -0.05) is 44.2 Å². The Balaban J connectivity index is 1.53. The molecule has 1 unspecified atom stereocenters. The molecule has 0 spiro atoms. The third kappa shape index (κ3) is 5.58. The molecule has 158 valence electrons. The molecule has 0 bridgehead atoms. The second kappa shape index (κ2) is 9.90. The van der Waals surface area contributed by atoms with E-state index in [2.05, 4.69) is 19.2 Å². The van der Waals surface area contributed by atoms with Crippen molar-refractivity contribution >= 4 is 17.7 Å². The van der Waals surface area contributed by atoms with E-state index in [1.165, 1.54) is 0 Å². The summed E-state index contributed by atoms with van der Waals surface area (Å²) in [5.41, 5.74) is 1.05. The van der Waals surface area contributed by atoms with Crippen LogP contribution in [0.25, 0.3) is 0 Å². The fourth-order valence-electron chi connectivity index (χ4n) is 4.28. The first kappa shape index (κ1) is 21.3. The van der Waals surface area contributed by atoms with Gasteiger partial charge >= 0.3 is 0 Å². The van der Waals surface area contributed by atoms with Gasteiger partial charge in [0.25, 0.3) is 0 Å². The molecule has 1 N–H and O–H groups in total. The van der Waals surface area contributed by atoms with Crippen molar-refractivity contribution in [2.75, 3.05) is 13.1 Å². The van der Waals surface area contributed by atoms with Gasteiger partial charge in [0.15, 0.2) is 0 Å². The molecule has 2 aliphatic heterocycles. The minimum atomic E-state index is -0.389. The van der Waals surface area contributed by atoms with Crippen LogP contribution in [0.15, 0.2) is 30.3 Å². The van der Waals surface area contributed by atoms with Crippen LogP contribution in [-0.2, 0) is 20.9 Å². The maximum absolute atomic E-state index is 12.8. The highest BCUT2D eigenvalue weighted by Crippen LogP contribution is 2.27. The van der Waals surface area contributed by atoms with Crippen molar-refractivity contribution in [3.63, 3.8) is 0 Å². The zero-order valence-corrected chi connectivity index (χ0v) is 17.6. The first-order valence-electron chi connectivity index (χ1n) is 10.9. The van der Waals surface area contributed by atoms with Crippen molar-refractivity contribution in [1.29, 1.82) is 0 Å². The van der Waals surface area contributed by atoms with Gasteiger partial charge in [-0.25, -0.2) is 0 Å². The average Bonchev–Trinajstić information content (AvgIpc) is 3.12. The van der Waals surface area contributed by atoms with Crippen LogP contribution in [0, 0.1) is 5.92 Å². The number of carbonyl (C=O) groups is 3. The minimum Gasteiger partial charge on any atom is -0.350 e. The smallest absolute Gasteiger partial charge is 0.243 e. The molecule has 0 radical (unpaired) electrons. The summed E-state index contributed by atoms with van der Waals surface area (Å²) in [6, 6.07) is 9.45. The molecule has 0 aliphatic carbocycles. The summed E-state index contributed by atoms with van der Waals surface area (Å²) >= 11 is 0. The Morgan fingerprint density at radius 3 is 2.45 bits per heavy atom. The number of nitrogens with zero attached hydrogens (tertiary/aromatic N) is 2. The Hall–Kier alpha value is -2.37. The van der Waals surface area contributed by atoms with Gasteiger partial charge in [-0.05, 0) is 37.2 Å². The van der Waals surface area contributed by atoms with Crippen molar-refractivity contribution in [3.8, 4) is 0 Å². The van der Waals surface area contributed by atoms with E-state index in [4.69, 9.17) is 0 Å². The van der Waals surface area contributed by atoms with Crippen LogP contribution in [0.1, 0.15) is 57.9 Å². The average molecular weight is 400 g/mol. The molecular weight excluding hydrogens is 366 g/mol. The second-order valence-electron chi connectivity index (χ2n) is 8.60. The van der Waals surface area contributed by atoms with E-state index in [-0.39, 0.29) is 29.8 Å². The summed E-state index contributed by atoms with van der Waals surface area (Å²) in [6.07, 6.45) is 4.01. The normalized spacial score (nSPS) is 20.4. The highest BCUT2D eigenvalue weighted by molar-refractivity contribution is 5.91. The fourth-order valence-corrected chi connectivity index (χ4v) is 4.28. The molecule has 1 atom stereocenters. The van der Waals surface area contributed by atoms with Crippen molar-refractivity contribution < 1.29 is 14.4 Å². The van der Waals surface area contributed by atoms with E-state index in [1.807, 2.05) is 35.2 Å². The summed E-state index contributed by atoms with van der Waals surface area (Å²) in [6.45, 7) is 6.07. The number of nitrogens with one attached hydrogen (secondary N) is 1. The summed E-state index contributed by atoms with van der Waals surface area (Å²) in [5.74, 6) is 0.723. The molecule has 1 aromatic carbocycles. The van der Waals surface area contributed by atoms with Crippen molar-refractivity contribution in [2.45, 2.75) is 71.0 Å². The minimum absolute atomic E-state index is 0.0478. The van der Waals surface area contributed by atoms with Gasteiger partial charge in [0.2, 0.25) is 17.7 Å². The molecule has 0 aromatic heterocycles. The lowest BCUT2D eigenvalue weighted by atomic mass is 10.0. The van der Waals surface area contributed by atoms with Crippen LogP contribution >= 0.6 is 0 Å². The third-order valence-electron chi connectivity index (χ3n) is 6.01. The van der Waals surface area contributed by atoms with Crippen LogP contribution < -0.4 is 5.32 Å². The molecule has 2 heterocycles. The second-order valence-corrected chi connectivity index (χ2v) is 8.60. The summed E-state index contributed by atoms with van der Waals surface area (Å²) in [7, 11) is 0. The van der Waals surface area contributed by atoms with E-state index in [0.29, 0.717) is 44.8 Å². The molecule has 6 nitrogen and oxygen atoms in total. The van der Waals surface area contributed by atoms with Crippen molar-refractivity contribution in [3.05, 3.63) is 35.9 Å². The SMILES string of the molecule is CC(C)CCC(=O)N1CCC(N2C(=O)CCC2C(=O)NCc2ccccc2)CC1. The number of likely N-dealkylation sites (tertiary alicyclic amines) is 2. The number of piperidine rings is 1. The highest BCUT2D eigenvalue weighted by Gasteiger charge is 2.41. The Bertz CT molecular complexity index is 711. The molecule has 3 amide bonds. The van der Waals surface area contributed by atoms with Crippen LogP contribution in [0.5, 0.6) is 0 Å². The Labute approximate surface area is 173 Å². The van der Waals surface area contributed by atoms with Crippen LogP contribution in [0.4, 0.5) is 0 Å². The topological polar surface area (TPSA) is 69.7 Å². The lowest BCUT2D eigenvalue weighted by Crippen LogP contribution is -2.53. The predicted octanol–water partition coefficient (Wildman–Crippen LogP) is 2.72. The Kier molecular flexibility index (Phi) is 7.29. The summed E-state index contributed by atoms with van der Waals surface area (Å²) < 4.78 is 0. The van der Waals surface area contributed by atoms with E-state index in [1.54, 1.807) is 4.90 Å². The first-order chi connectivity index (χ1) is 14.0. The number of rotatable bonds is 7. The molecule has 1 aromatic rings. The first-order valence-corrected chi connectivity index (χ1v) is 10.9. The largest absolute Gasteiger partial charge is 0.350 e. The van der Waals surface area contributed by atoms with Crippen molar-refractivity contribution in [2.24, 2.45) is 5.92 Å². The fraction of sp³-hybridized carbons (Fsp3) is 0.609. The van der Waals surface area contributed by atoms with Gasteiger partial charge in [0.05, 0.1) is 0 Å². The lowest BCUT2D eigenvalue weighted by molar-refractivity contribution is -0.140. The van der Waals surface area contributed by atoms with Gasteiger partial charge in [-0.15, -0.1) is 0 Å². The molecule has 3 rings (SSSR count). The van der Waals surface area contributed by atoms with Crippen LogP contribution in [-0.4, -0.2) is 52.7 Å². The molecular formula is C23H33N3O3. The Morgan fingerprint density at radius 2 is 1.79 bits per heavy atom. The van der Waals surface area contributed by atoms with E-state index >= 15 is 0 Å². The number of hydrogen-bond donors (Lipinski definition) is 1. The summed E-state index contributed by atoms with van der Waals surface area (Å²) in [5, 5.41) is 2.99. The van der Waals surface area contributed by atoms with Crippen LogP contribution in [0.3, 0.4) is 0 Å². The maximum Gasteiger partial charge on any atom is 0.243 e. The van der Waals surface area contributed by atoms with Gasteiger partial charge in [-0.2, -0.15) is 0 Å². The molecule has 6 heteroatoms. The zero-order chi connectivity index (χ0) is 20.8. The van der Waals surface area contributed by atoms with E-state index in [0.717, 1.165) is 24.8 Å². The van der Waals surface area contributed by atoms with E-state index < -0.39 is 0 Å². The molecule has 0 saturated carbocycles. The number of carbonyl (C=O) groups excluding carboxylic acids is 3. The van der Waals surface area contributed by atoms with Gasteiger partial charge in [0.1, 0.15) is 6.04 Å². The lowest BCUT2D eigenvalue weighted by Gasteiger charge is -2.39. The number of hydrogen-bond acceptors (Lipinski definition) is 3.